The monoisotopic (exact) mass is 974 g/mol. The summed E-state index contributed by atoms with van der Waals surface area (Å²) in [6.07, 6.45) is -7.70. The Labute approximate surface area is 291 Å². The van der Waals surface area contributed by atoms with E-state index in [9.17, 15) is 158 Å². The van der Waals surface area contributed by atoms with Gasteiger partial charge < -0.3 is 0 Å². The molecule has 59 heavy (non-hydrogen) atoms. The summed E-state index contributed by atoms with van der Waals surface area (Å²) in [6.45, 7) is 0. The molecule has 0 spiro atoms. The zero-order valence-corrected chi connectivity index (χ0v) is 24.9. The van der Waals surface area contributed by atoms with E-state index in [4.69, 9.17) is 0 Å². The average Bonchev–Trinajstić information content (AvgIpc) is 3.02. The molecule has 4 saturated carbocycles. The fourth-order valence-corrected chi connectivity index (χ4v) is 6.26. The van der Waals surface area contributed by atoms with Crippen LogP contribution in [0.3, 0.4) is 0 Å². The Bertz CT molecular complexity index is 1620. The molecule has 0 amide bonds. The number of fused-ring (bicyclic) bond motifs is 3. The van der Waals surface area contributed by atoms with Crippen LogP contribution in [0.25, 0.3) is 0 Å². The summed E-state index contributed by atoms with van der Waals surface area (Å²) < 4.78 is 514. The molecule has 350 valence electrons. The van der Waals surface area contributed by atoms with Gasteiger partial charge in [0.05, 0.1) is 0 Å². The molecular formula is C21F38. The maximum atomic E-state index is 15.3. The predicted octanol–water partition coefficient (Wildman–Crippen LogP) is 11.7. The van der Waals surface area contributed by atoms with E-state index in [-0.39, 0.29) is 0 Å². The zero-order valence-electron chi connectivity index (χ0n) is 24.9. The van der Waals surface area contributed by atoms with Gasteiger partial charge in [0.15, 0.2) is 0 Å². The average molecular weight is 974 g/mol. The van der Waals surface area contributed by atoms with E-state index in [1.165, 1.54) is 0 Å². The largest absolute Gasteiger partial charge is 0.435 e. The molecule has 0 radical (unpaired) electrons. The highest BCUT2D eigenvalue weighted by molar-refractivity contribution is 5.52. The molecule has 0 aliphatic heterocycles. The van der Waals surface area contributed by atoms with Gasteiger partial charge in [-0.3, -0.25) is 0 Å². The van der Waals surface area contributed by atoms with Gasteiger partial charge in [-0.25, -0.2) is 22.0 Å². The third-order valence-corrected chi connectivity index (χ3v) is 9.61. The van der Waals surface area contributed by atoms with Gasteiger partial charge in [0.25, 0.3) is 22.7 Å². The molecule has 4 unspecified atom stereocenters. The lowest BCUT2D eigenvalue weighted by molar-refractivity contribution is -0.587. The molecule has 0 aromatic rings. The maximum Gasteiger partial charge on any atom is 0.435 e. The standard InChI is InChI=1S/C14F24.C7F14/c15-1-2(16)4(18,10(29,30)14(37,38)12(33,34)6(2,21)22)8(25,26)7(23,24)3(1,17)9(27,28)13(35,36)11(31,32)5(1,19)20;8-1(7(19,20)21)2(9,10)4(13,14)6(17,18)5(15,16)3(1,11)12. The van der Waals surface area contributed by atoms with E-state index in [0.717, 1.165) is 0 Å². The van der Waals surface area contributed by atoms with Crippen LogP contribution in [0.2, 0.25) is 0 Å². The molecule has 0 aromatic heterocycles. The van der Waals surface area contributed by atoms with Crippen LogP contribution < -0.4 is 0 Å². The molecule has 0 N–H and O–H groups in total. The lowest BCUT2D eigenvalue weighted by Gasteiger charge is -2.70. The van der Waals surface area contributed by atoms with Crippen LogP contribution in [0.5, 0.6) is 0 Å². The Morgan fingerprint density at radius 1 is 0.153 bits per heavy atom. The summed E-state index contributed by atoms with van der Waals surface area (Å²) in [6, 6.07) is 0. The predicted molar refractivity (Wildman–Crippen MR) is 99.5 cm³/mol. The van der Waals surface area contributed by atoms with Gasteiger partial charge in [0.1, 0.15) is 0 Å². The van der Waals surface area contributed by atoms with E-state index in [1.54, 1.807) is 0 Å². The Morgan fingerprint density at radius 2 is 0.271 bits per heavy atom. The molecule has 4 rings (SSSR count). The van der Waals surface area contributed by atoms with Crippen LogP contribution in [0.1, 0.15) is 0 Å². The Balaban J connectivity index is 0.000000375. The second-order valence-corrected chi connectivity index (χ2v) is 12.4. The highest BCUT2D eigenvalue weighted by Crippen LogP contribution is 2.87. The number of hydrogen-bond donors (Lipinski definition) is 0. The van der Waals surface area contributed by atoms with Crippen molar-refractivity contribution in [3.05, 3.63) is 0 Å². The van der Waals surface area contributed by atoms with Crippen molar-refractivity contribution >= 4 is 0 Å². The van der Waals surface area contributed by atoms with Gasteiger partial charge in [0.2, 0.25) is 0 Å². The minimum Gasteiger partial charge on any atom is -0.229 e. The molecule has 4 atom stereocenters. The lowest BCUT2D eigenvalue weighted by Crippen LogP contribution is -3.06. The van der Waals surface area contributed by atoms with Crippen molar-refractivity contribution in [1.29, 1.82) is 0 Å². The summed E-state index contributed by atoms with van der Waals surface area (Å²) in [5, 5.41) is 0. The van der Waals surface area contributed by atoms with Crippen molar-refractivity contribution in [2.24, 2.45) is 0 Å². The number of halogens is 38. The third-order valence-electron chi connectivity index (χ3n) is 9.61. The normalized spacial score (nSPS) is 41.8. The van der Waals surface area contributed by atoms with E-state index in [0.29, 0.717) is 0 Å². The SMILES string of the molecule is FC(F)(F)C1(F)C(F)(F)C(F)(F)C(F)(F)C(F)(F)C1(F)F.FC1(F)C(F)(F)C(F)(F)C2(F)C(F)(C1(F)F)C(F)(F)C(F)(F)C1(F)C(F)(F)C(F)(F)C(F)(F)C(F)(F)C12F. The molecule has 4 fully saturated rings. The second kappa shape index (κ2) is 10.7. The Morgan fingerprint density at radius 3 is 0.441 bits per heavy atom. The quantitative estimate of drug-likeness (QED) is 0.212. The van der Waals surface area contributed by atoms with Gasteiger partial charge >= 0.3 is 101 Å². The summed E-state index contributed by atoms with van der Waals surface area (Å²) in [5.41, 5.74) is -46.5. The smallest absolute Gasteiger partial charge is 0.229 e. The molecular weight excluding hydrogens is 974 g/mol. The molecule has 0 heterocycles. The van der Waals surface area contributed by atoms with Crippen molar-refractivity contribution in [3.63, 3.8) is 0 Å². The third kappa shape index (κ3) is 3.77. The first kappa shape index (κ1) is 50.7. The minimum absolute atomic E-state index is 7.64. The van der Waals surface area contributed by atoms with Gasteiger partial charge in [-0.05, 0) is 0 Å². The second-order valence-electron chi connectivity index (χ2n) is 12.4. The highest BCUT2D eigenvalue weighted by Gasteiger charge is 3.21. The topological polar surface area (TPSA) is 0 Å². The highest BCUT2D eigenvalue weighted by atomic mass is 19.4. The van der Waals surface area contributed by atoms with E-state index in [2.05, 4.69) is 0 Å². The summed E-state index contributed by atoms with van der Waals surface area (Å²) in [5.74, 6) is -130. The zero-order chi connectivity index (χ0) is 48.5. The molecule has 0 bridgehead atoms. The first-order chi connectivity index (χ1) is 24.8. The van der Waals surface area contributed by atoms with Gasteiger partial charge in [0, 0.05) is 0 Å². The van der Waals surface area contributed by atoms with Crippen LogP contribution in [0, 0.1) is 0 Å². The van der Waals surface area contributed by atoms with Crippen LogP contribution >= 0.6 is 0 Å². The van der Waals surface area contributed by atoms with Crippen LogP contribution in [-0.4, -0.2) is 123 Å². The molecule has 0 aromatic carbocycles. The molecule has 38 heteroatoms. The summed E-state index contributed by atoms with van der Waals surface area (Å²) in [7, 11) is 0. The minimum atomic E-state index is -9.77. The van der Waals surface area contributed by atoms with Crippen molar-refractivity contribution in [3.8, 4) is 0 Å². The van der Waals surface area contributed by atoms with Crippen molar-refractivity contribution in [2.45, 2.75) is 123 Å². The maximum absolute atomic E-state index is 15.3. The van der Waals surface area contributed by atoms with E-state index < -0.39 is 123 Å². The summed E-state index contributed by atoms with van der Waals surface area (Å²) in [4.78, 5) is 0. The van der Waals surface area contributed by atoms with Crippen LogP contribution in [0.15, 0.2) is 0 Å². The molecule has 4 aliphatic carbocycles. The fourth-order valence-electron chi connectivity index (χ4n) is 6.26. The fraction of sp³-hybridized carbons (Fsp3) is 1.00. The van der Waals surface area contributed by atoms with Crippen molar-refractivity contribution in [1.82, 2.24) is 0 Å². The molecule has 4 aliphatic rings. The number of alkyl halides is 38. The first-order valence-electron chi connectivity index (χ1n) is 12.9. The number of hydrogen-bond acceptors (Lipinski definition) is 0. The lowest BCUT2D eigenvalue weighted by atomic mass is 9.43. The van der Waals surface area contributed by atoms with Gasteiger partial charge in [-0.15, -0.1) is 0 Å². The van der Waals surface area contributed by atoms with Crippen LogP contribution in [-0.2, 0) is 0 Å². The Hall–Kier alpha value is -2.66. The van der Waals surface area contributed by atoms with E-state index >= 15 is 8.78 Å². The van der Waals surface area contributed by atoms with E-state index in [1.807, 2.05) is 0 Å². The molecule has 0 nitrogen and oxygen atoms in total. The van der Waals surface area contributed by atoms with Crippen LogP contribution in [0.4, 0.5) is 167 Å². The number of rotatable bonds is 0. The Kier molecular flexibility index (Phi) is 9.23. The van der Waals surface area contributed by atoms with Gasteiger partial charge in [-0.2, -0.15) is 145 Å². The first-order valence-corrected chi connectivity index (χ1v) is 12.9. The van der Waals surface area contributed by atoms with Crippen molar-refractivity contribution in [2.75, 3.05) is 0 Å². The van der Waals surface area contributed by atoms with Crippen molar-refractivity contribution < 1.29 is 167 Å². The van der Waals surface area contributed by atoms with Gasteiger partial charge in [-0.1, -0.05) is 0 Å². The summed E-state index contributed by atoms with van der Waals surface area (Å²) >= 11 is 0. The molecule has 0 saturated heterocycles.